The van der Waals surface area contributed by atoms with E-state index < -0.39 is 0 Å². The second kappa shape index (κ2) is 11.8. The SMILES string of the molecule is c1ccc(-c2c(-c3ccccc3)c3oc4ccc(-n5c6ccccc6c6ccccc65)cc4c3c3c2oc2ccc(-n4c5ccccc5c5ccccc54)cc23)cc1. The third-order valence-corrected chi connectivity index (χ3v) is 12.1. The van der Waals surface area contributed by atoms with Crippen molar-refractivity contribution in [2.24, 2.45) is 0 Å². The molecule has 4 heterocycles. The van der Waals surface area contributed by atoms with Gasteiger partial charge in [-0.25, -0.2) is 0 Å². The smallest absolute Gasteiger partial charge is 0.144 e. The number of nitrogens with zero attached hydrogens (tertiary/aromatic N) is 2. The van der Waals surface area contributed by atoms with Crippen molar-refractivity contribution in [3.63, 3.8) is 0 Å². The molecule has 0 saturated heterocycles. The van der Waals surface area contributed by atoms with Crippen molar-refractivity contribution in [3.8, 4) is 33.6 Å². The first-order valence-corrected chi connectivity index (χ1v) is 19.8. The molecule has 13 rings (SSSR count). The first-order chi connectivity index (χ1) is 28.8. The zero-order valence-corrected chi connectivity index (χ0v) is 31.2. The van der Waals surface area contributed by atoms with Crippen LogP contribution in [0.5, 0.6) is 0 Å². The Kier molecular flexibility index (Phi) is 6.41. The predicted molar refractivity (Wildman–Crippen MR) is 241 cm³/mol. The van der Waals surface area contributed by atoms with Crippen molar-refractivity contribution in [2.45, 2.75) is 0 Å². The maximum Gasteiger partial charge on any atom is 0.144 e. The zero-order chi connectivity index (χ0) is 37.9. The summed E-state index contributed by atoms with van der Waals surface area (Å²) in [5.41, 5.74) is 14.4. The molecule has 270 valence electrons. The maximum absolute atomic E-state index is 7.14. The number of aromatic nitrogens is 2. The minimum atomic E-state index is 0.830. The van der Waals surface area contributed by atoms with Gasteiger partial charge in [-0.15, -0.1) is 0 Å². The first kappa shape index (κ1) is 31.4. The molecule has 0 spiro atoms. The van der Waals surface area contributed by atoms with E-state index in [1.54, 1.807) is 0 Å². The molecule has 0 saturated carbocycles. The molecule has 13 aromatic rings. The van der Waals surface area contributed by atoms with Gasteiger partial charge in [0.05, 0.1) is 22.1 Å². The van der Waals surface area contributed by atoms with Crippen LogP contribution in [0.2, 0.25) is 0 Å². The molecule has 4 heteroatoms. The molecule has 0 aliphatic heterocycles. The van der Waals surface area contributed by atoms with Crippen LogP contribution in [-0.2, 0) is 0 Å². The molecule has 4 aromatic heterocycles. The molecule has 0 unspecified atom stereocenters. The van der Waals surface area contributed by atoms with Crippen LogP contribution < -0.4 is 0 Å². The minimum absolute atomic E-state index is 0.830. The highest BCUT2D eigenvalue weighted by atomic mass is 16.3. The molecule has 0 N–H and O–H groups in total. The number of furan rings is 2. The zero-order valence-electron chi connectivity index (χ0n) is 31.2. The topological polar surface area (TPSA) is 36.1 Å². The van der Waals surface area contributed by atoms with Gasteiger partial charge in [0.2, 0.25) is 0 Å². The number of hydrogen-bond acceptors (Lipinski definition) is 2. The maximum atomic E-state index is 7.14. The number of rotatable bonds is 4. The van der Waals surface area contributed by atoms with Gasteiger partial charge in [-0.2, -0.15) is 0 Å². The third kappa shape index (κ3) is 4.29. The Bertz CT molecular complexity index is 3430. The Balaban J connectivity index is 1.20. The van der Waals surface area contributed by atoms with Gasteiger partial charge in [-0.05, 0) is 71.8 Å². The lowest BCUT2D eigenvalue weighted by atomic mass is 9.89. The molecule has 0 amide bonds. The van der Waals surface area contributed by atoms with Crippen molar-refractivity contribution in [1.82, 2.24) is 9.13 Å². The summed E-state index contributed by atoms with van der Waals surface area (Å²) in [7, 11) is 0. The van der Waals surface area contributed by atoms with Gasteiger partial charge in [-0.3, -0.25) is 0 Å². The molecule has 0 atom stereocenters. The molecule has 0 bridgehead atoms. The lowest BCUT2D eigenvalue weighted by Gasteiger charge is -2.13. The van der Waals surface area contributed by atoms with Crippen LogP contribution in [0.4, 0.5) is 0 Å². The largest absolute Gasteiger partial charge is 0.455 e. The number of fused-ring (bicyclic) bond motifs is 13. The van der Waals surface area contributed by atoms with Crippen molar-refractivity contribution in [2.75, 3.05) is 0 Å². The molecule has 9 aromatic carbocycles. The lowest BCUT2D eigenvalue weighted by Crippen LogP contribution is -1.93. The molecule has 0 aliphatic rings. The quantitative estimate of drug-likeness (QED) is 0.180. The van der Waals surface area contributed by atoms with Crippen LogP contribution in [-0.4, -0.2) is 9.13 Å². The third-order valence-electron chi connectivity index (χ3n) is 12.1. The summed E-state index contributed by atoms with van der Waals surface area (Å²) in [6.45, 7) is 0. The van der Waals surface area contributed by atoms with Gasteiger partial charge in [0, 0.05) is 65.6 Å². The van der Waals surface area contributed by atoms with Crippen LogP contribution in [0.1, 0.15) is 0 Å². The summed E-state index contributed by atoms with van der Waals surface area (Å²) >= 11 is 0. The number of para-hydroxylation sites is 4. The van der Waals surface area contributed by atoms with E-state index in [2.05, 4.69) is 203 Å². The molecular formula is C54H32N2O2. The van der Waals surface area contributed by atoms with E-state index in [0.29, 0.717) is 0 Å². The van der Waals surface area contributed by atoms with Gasteiger partial charge in [0.25, 0.3) is 0 Å². The van der Waals surface area contributed by atoms with E-state index in [4.69, 9.17) is 8.83 Å². The lowest BCUT2D eigenvalue weighted by molar-refractivity contribution is 0.664. The predicted octanol–water partition coefficient (Wildman–Crippen LogP) is 15.0. The second-order valence-corrected chi connectivity index (χ2v) is 15.2. The van der Waals surface area contributed by atoms with E-state index in [0.717, 1.165) is 77.5 Å². The van der Waals surface area contributed by atoms with Gasteiger partial charge in [0.15, 0.2) is 0 Å². The summed E-state index contributed by atoms with van der Waals surface area (Å²) in [5, 5.41) is 9.10. The number of hydrogen-bond donors (Lipinski definition) is 0. The second-order valence-electron chi connectivity index (χ2n) is 15.2. The fourth-order valence-corrected chi connectivity index (χ4v) is 9.69. The highest BCUT2D eigenvalue weighted by Gasteiger charge is 2.27. The average molecular weight is 741 g/mol. The Labute approximate surface area is 332 Å². The Hall–Kier alpha value is -7.82. The molecule has 0 aliphatic carbocycles. The van der Waals surface area contributed by atoms with Crippen LogP contribution in [0.15, 0.2) is 203 Å². The van der Waals surface area contributed by atoms with Crippen molar-refractivity contribution >= 4 is 87.5 Å². The van der Waals surface area contributed by atoms with Crippen molar-refractivity contribution in [3.05, 3.63) is 194 Å². The molecule has 0 radical (unpaired) electrons. The highest BCUT2D eigenvalue weighted by molar-refractivity contribution is 6.32. The minimum Gasteiger partial charge on any atom is -0.455 e. The number of benzene rings is 9. The standard InChI is InChI=1S/C54H32N2O2/c1-3-15-33(16-4-1)49-50(34-17-5-2-6-18-34)54-52(42-32-36(28-30-48(42)58-54)56-45-25-13-9-21-39(45)40-22-10-14-26-46(40)56)51-41-31-35(27-29-47(41)57-53(49)51)55-43-23-11-7-19-37(43)38-20-8-12-24-44(38)55/h1-32H. The van der Waals surface area contributed by atoms with Gasteiger partial charge < -0.3 is 18.0 Å². The summed E-state index contributed by atoms with van der Waals surface area (Å²) in [4.78, 5) is 0. The fourth-order valence-electron chi connectivity index (χ4n) is 9.69. The van der Waals surface area contributed by atoms with Crippen molar-refractivity contribution < 1.29 is 8.83 Å². The monoisotopic (exact) mass is 740 g/mol. The van der Waals surface area contributed by atoms with Gasteiger partial charge in [-0.1, -0.05) is 133 Å². The van der Waals surface area contributed by atoms with Crippen LogP contribution in [0.3, 0.4) is 0 Å². The summed E-state index contributed by atoms with van der Waals surface area (Å²) < 4.78 is 19.0. The summed E-state index contributed by atoms with van der Waals surface area (Å²) in [6, 6.07) is 69.2. The van der Waals surface area contributed by atoms with Crippen molar-refractivity contribution in [1.29, 1.82) is 0 Å². The first-order valence-electron chi connectivity index (χ1n) is 19.8. The Morgan fingerprint density at radius 2 is 0.621 bits per heavy atom. The average Bonchev–Trinajstić information content (AvgIpc) is 4.04. The van der Waals surface area contributed by atoms with Crippen LogP contribution in [0, 0.1) is 0 Å². The molecular weight excluding hydrogens is 709 g/mol. The molecule has 0 fully saturated rings. The van der Waals surface area contributed by atoms with Gasteiger partial charge >= 0.3 is 0 Å². The Morgan fingerprint density at radius 3 is 0.983 bits per heavy atom. The van der Waals surface area contributed by atoms with E-state index in [1.165, 1.54) is 43.6 Å². The van der Waals surface area contributed by atoms with Crippen LogP contribution >= 0.6 is 0 Å². The van der Waals surface area contributed by atoms with Gasteiger partial charge in [0.1, 0.15) is 22.3 Å². The van der Waals surface area contributed by atoms with E-state index in [9.17, 15) is 0 Å². The molecule has 4 nitrogen and oxygen atoms in total. The normalized spacial score (nSPS) is 12.1. The fraction of sp³-hybridized carbons (Fsp3) is 0. The van der Waals surface area contributed by atoms with E-state index in [-0.39, 0.29) is 0 Å². The van der Waals surface area contributed by atoms with E-state index in [1.807, 2.05) is 0 Å². The molecule has 58 heavy (non-hydrogen) atoms. The van der Waals surface area contributed by atoms with E-state index >= 15 is 0 Å². The summed E-state index contributed by atoms with van der Waals surface area (Å²) in [6.07, 6.45) is 0. The highest BCUT2D eigenvalue weighted by Crippen LogP contribution is 2.51. The summed E-state index contributed by atoms with van der Waals surface area (Å²) in [5.74, 6) is 0. The Morgan fingerprint density at radius 1 is 0.293 bits per heavy atom. The van der Waals surface area contributed by atoms with Crippen LogP contribution in [0.25, 0.3) is 121 Å².